The number of carbonyl (C=O) groups excluding carboxylic acids is 1. The minimum absolute atomic E-state index is 0.147. The van der Waals surface area contributed by atoms with Crippen LogP contribution < -0.4 is 15.5 Å². The summed E-state index contributed by atoms with van der Waals surface area (Å²) in [5.41, 5.74) is 5.97. The first-order valence-corrected chi connectivity index (χ1v) is 15.3. The van der Waals surface area contributed by atoms with Crippen LogP contribution in [-0.2, 0) is 16.1 Å². The van der Waals surface area contributed by atoms with Crippen LogP contribution in [0.3, 0.4) is 0 Å². The van der Waals surface area contributed by atoms with Crippen molar-refractivity contribution in [3.8, 4) is 11.1 Å². The smallest absolute Gasteiger partial charge is 0.337 e. The number of carboxylic acids is 1. The minimum Gasteiger partial charge on any atom is -0.479 e. The molecule has 8 nitrogen and oxygen atoms in total. The fourth-order valence-electron chi connectivity index (χ4n) is 6.51. The number of hydrogen-bond acceptors (Lipinski definition) is 6. The molecule has 43 heavy (non-hydrogen) atoms. The first-order valence-electron chi connectivity index (χ1n) is 15.3. The summed E-state index contributed by atoms with van der Waals surface area (Å²) in [7, 11) is 0. The number of rotatable bonds is 8. The Morgan fingerprint density at radius 3 is 2.28 bits per heavy atom. The maximum atomic E-state index is 12.9. The summed E-state index contributed by atoms with van der Waals surface area (Å²) in [5.74, 6) is -1.18. The Morgan fingerprint density at radius 1 is 1.02 bits per heavy atom. The number of benzene rings is 2. The molecule has 1 amide bonds. The lowest BCUT2D eigenvalue weighted by atomic mass is 9.77. The van der Waals surface area contributed by atoms with Crippen molar-refractivity contribution in [1.29, 1.82) is 0 Å². The Labute approximate surface area is 254 Å². The molecule has 5 rings (SSSR count). The molecule has 2 aromatic carbocycles. The zero-order chi connectivity index (χ0) is 30.8. The molecule has 228 valence electrons. The van der Waals surface area contributed by atoms with Gasteiger partial charge >= 0.3 is 5.97 Å². The van der Waals surface area contributed by atoms with Gasteiger partial charge < -0.3 is 25.4 Å². The highest BCUT2D eigenvalue weighted by molar-refractivity contribution is 5.95. The van der Waals surface area contributed by atoms with Crippen LogP contribution in [0, 0.1) is 19.3 Å². The van der Waals surface area contributed by atoms with Gasteiger partial charge in [0.15, 0.2) is 6.10 Å². The van der Waals surface area contributed by atoms with Crippen LogP contribution in [0.2, 0.25) is 0 Å². The second-order valence-electron chi connectivity index (χ2n) is 13.0. The van der Waals surface area contributed by atoms with E-state index in [1.54, 1.807) is 0 Å². The highest BCUT2D eigenvalue weighted by Crippen LogP contribution is 2.46. The molecule has 0 bridgehead atoms. The lowest BCUT2D eigenvalue weighted by molar-refractivity contribution is -0.160. The SMILES string of the molecule is Cc1nc(C)c([C@H](OC(C)(C)C)C(=O)O)c(N2CCC3(CCNC3)CC2)c1-c1ccc(C(=O)NCc2ccccc2)cc1. The van der Waals surface area contributed by atoms with Crippen LogP contribution in [0.25, 0.3) is 11.1 Å². The van der Waals surface area contributed by atoms with Gasteiger partial charge in [-0.15, -0.1) is 0 Å². The summed E-state index contributed by atoms with van der Waals surface area (Å²) in [6.45, 7) is 13.7. The lowest BCUT2D eigenvalue weighted by Gasteiger charge is -2.42. The molecule has 3 N–H and O–H groups in total. The van der Waals surface area contributed by atoms with E-state index in [-0.39, 0.29) is 5.91 Å². The highest BCUT2D eigenvalue weighted by Gasteiger charge is 2.40. The molecular formula is C35H44N4O4. The Balaban J connectivity index is 1.53. The summed E-state index contributed by atoms with van der Waals surface area (Å²) >= 11 is 0. The largest absolute Gasteiger partial charge is 0.479 e. The summed E-state index contributed by atoms with van der Waals surface area (Å²) in [4.78, 5) is 32.9. The monoisotopic (exact) mass is 584 g/mol. The van der Waals surface area contributed by atoms with Crippen LogP contribution in [0.4, 0.5) is 5.69 Å². The zero-order valence-electron chi connectivity index (χ0n) is 26.0. The third-order valence-electron chi connectivity index (χ3n) is 8.74. The molecule has 3 aromatic rings. The molecular weight excluding hydrogens is 540 g/mol. The predicted octanol–water partition coefficient (Wildman–Crippen LogP) is 5.82. The van der Waals surface area contributed by atoms with Gasteiger partial charge in [-0.2, -0.15) is 0 Å². The average Bonchev–Trinajstić information content (AvgIpc) is 3.43. The van der Waals surface area contributed by atoms with E-state index in [9.17, 15) is 14.7 Å². The normalized spacial score (nSPS) is 17.2. The molecule has 8 heteroatoms. The van der Waals surface area contributed by atoms with Gasteiger partial charge in [-0.1, -0.05) is 42.5 Å². The van der Waals surface area contributed by atoms with Gasteiger partial charge in [-0.05, 0) is 89.1 Å². The van der Waals surface area contributed by atoms with Gasteiger partial charge in [-0.25, -0.2) is 4.79 Å². The average molecular weight is 585 g/mol. The Bertz CT molecular complexity index is 1450. The second-order valence-corrected chi connectivity index (χ2v) is 13.0. The van der Waals surface area contributed by atoms with Gasteiger partial charge in [0, 0.05) is 54.3 Å². The van der Waals surface area contributed by atoms with Crippen molar-refractivity contribution >= 4 is 17.6 Å². The van der Waals surface area contributed by atoms with Gasteiger partial charge in [0.2, 0.25) is 0 Å². The molecule has 2 fully saturated rings. The Morgan fingerprint density at radius 2 is 1.70 bits per heavy atom. The number of aryl methyl sites for hydroxylation is 2. The number of hydrogen-bond donors (Lipinski definition) is 3. The van der Waals surface area contributed by atoms with Crippen LogP contribution in [0.1, 0.15) is 79.0 Å². The molecule has 1 atom stereocenters. The van der Waals surface area contributed by atoms with E-state index in [1.807, 2.05) is 89.2 Å². The van der Waals surface area contributed by atoms with E-state index in [0.29, 0.717) is 28.8 Å². The molecule has 1 spiro atoms. The summed E-state index contributed by atoms with van der Waals surface area (Å²) in [6.07, 6.45) is 2.08. The number of pyridine rings is 1. The third-order valence-corrected chi connectivity index (χ3v) is 8.74. The first kappa shape index (κ1) is 30.7. The molecule has 0 saturated carbocycles. The first-order chi connectivity index (χ1) is 20.5. The van der Waals surface area contributed by atoms with E-state index < -0.39 is 17.7 Å². The van der Waals surface area contributed by atoms with Crippen molar-refractivity contribution in [2.24, 2.45) is 5.41 Å². The quantitative estimate of drug-likeness (QED) is 0.307. The van der Waals surface area contributed by atoms with Crippen LogP contribution >= 0.6 is 0 Å². The zero-order valence-corrected chi connectivity index (χ0v) is 26.0. The standard InChI is InChI=1S/C35H44N4O4/c1-23-28(26-11-13-27(14-12-26)32(40)37-21-25-9-7-6-8-10-25)30(39-19-16-35(17-20-39)15-18-36-22-35)29(24(2)38-23)31(33(41)42)43-34(3,4)5/h6-14,31,36H,15-22H2,1-5H3,(H,37,40)(H,41,42)/t31-/m0/s1. The van der Waals surface area contributed by atoms with E-state index in [2.05, 4.69) is 15.5 Å². The number of carboxylic acid groups (broad SMARTS) is 1. The fraction of sp³-hybridized carbons (Fsp3) is 0.457. The number of anilines is 1. The highest BCUT2D eigenvalue weighted by atomic mass is 16.5. The Hall–Kier alpha value is -3.75. The maximum Gasteiger partial charge on any atom is 0.337 e. The molecule has 0 radical (unpaired) electrons. The van der Waals surface area contributed by atoms with Gasteiger partial charge in [0.25, 0.3) is 5.91 Å². The fourth-order valence-corrected chi connectivity index (χ4v) is 6.51. The van der Waals surface area contributed by atoms with Crippen molar-refractivity contribution in [2.75, 3.05) is 31.1 Å². The molecule has 2 saturated heterocycles. The number of carbonyl (C=O) groups is 2. The number of aliphatic carboxylic acids is 1. The molecule has 2 aliphatic rings. The maximum absolute atomic E-state index is 12.9. The van der Waals surface area contributed by atoms with E-state index in [0.717, 1.165) is 67.1 Å². The Kier molecular flexibility index (Phi) is 8.90. The summed E-state index contributed by atoms with van der Waals surface area (Å²) in [6, 6.07) is 17.4. The van der Waals surface area contributed by atoms with Crippen molar-refractivity contribution in [3.05, 3.63) is 82.7 Å². The van der Waals surface area contributed by atoms with Gasteiger partial charge in [-0.3, -0.25) is 9.78 Å². The van der Waals surface area contributed by atoms with Crippen LogP contribution in [0.5, 0.6) is 0 Å². The van der Waals surface area contributed by atoms with Crippen LogP contribution in [0.15, 0.2) is 54.6 Å². The van der Waals surface area contributed by atoms with E-state index in [4.69, 9.17) is 9.72 Å². The number of nitrogens with zero attached hydrogens (tertiary/aromatic N) is 2. The van der Waals surface area contributed by atoms with Crippen molar-refractivity contribution in [3.63, 3.8) is 0 Å². The number of nitrogens with one attached hydrogen (secondary N) is 2. The predicted molar refractivity (Wildman–Crippen MR) is 169 cm³/mol. The number of aromatic nitrogens is 1. The summed E-state index contributed by atoms with van der Waals surface area (Å²) < 4.78 is 6.21. The van der Waals surface area contributed by atoms with Gasteiger partial charge in [0.05, 0.1) is 11.3 Å². The minimum atomic E-state index is -1.17. The van der Waals surface area contributed by atoms with Crippen molar-refractivity contribution < 1.29 is 19.4 Å². The molecule has 3 heterocycles. The van der Waals surface area contributed by atoms with Crippen molar-refractivity contribution in [2.45, 2.75) is 72.1 Å². The summed E-state index contributed by atoms with van der Waals surface area (Å²) in [5, 5.41) is 17.0. The molecule has 0 unspecified atom stereocenters. The number of amides is 1. The van der Waals surface area contributed by atoms with Crippen molar-refractivity contribution in [1.82, 2.24) is 15.6 Å². The molecule has 2 aliphatic heterocycles. The molecule has 1 aromatic heterocycles. The number of ether oxygens (including phenoxy) is 1. The van der Waals surface area contributed by atoms with Gasteiger partial charge in [0.1, 0.15) is 0 Å². The van der Waals surface area contributed by atoms with E-state index in [1.165, 1.54) is 6.42 Å². The lowest BCUT2D eigenvalue weighted by Crippen LogP contribution is -2.42. The topological polar surface area (TPSA) is 104 Å². The third kappa shape index (κ3) is 6.92. The van der Waals surface area contributed by atoms with E-state index >= 15 is 0 Å². The number of piperidine rings is 1. The molecule has 0 aliphatic carbocycles. The van der Waals surface area contributed by atoms with Crippen LogP contribution in [-0.4, -0.2) is 53.7 Å². The second kappa shape index (κ2) is 12.5.